The second kappa shape index (κ2) is 10.6. The summed E-state index contributed by atoms with van der Waals surface area (Å²) < 4.78 is 71.9. The highest BCUT2D eigenvalue weighted by Crippen LogP contribution is 2.33. The molecule has 2 rings (SSSR count). The van der Waals surface area contributed by atoms with E-state index < -0.39 is 38.6 Å². The average molecular weight is 459 g/mol. The zero-order valence-corrected chi connectivity index (χ0v) is 17.9. The number of carbonyl (C=O) groups is 1. The van der Waals surface area contributed by atoms with E-state index in [1.807, 2.05) is 11.6 Å². The number of hydrogen-bond donors (Lipinski definition) is 2. The van der Waals surface area contributed by atoms with Gasteiger partial charge in [0, 0.05) is 18.3 Å². The van der Waals surface area contributed by atoms with Gasteiger partial charge in [0.15, 0.2) is 0 Å². The monoisotopic (exact) mass is 459 g/mol. The fourth-order valence-corrected chi connectivity index (χ4v) is 4.05. The Morgan fingerprint density at radius 1 is 1.19 bits per heavy atom. The van der Waals surface area contributed by atoms with Crippen molar-refractivity contribution in [1.82, 2.24) is 15.0 Å². The number of halogens is 3. The van der Waals surface area contributed by atoms with Crippen LogP contribution in [0.2, 0.25) is 0 Å². The molecule has 0 spiro atoms. The van der Waals surface area contributed by atoms with Gasteiger partial charge in [-0.3, -0.25) is 4.79 Å². The molecule has 31 heavy (non-hydrogen) atoms. The lowest BCUT2D eigenvalue weighted by Gasteiger charge is -2.17. The quantitative estimate of drug-likeness (QED) is 0.532. The molecule has 0 saturated carbocycles. The highest BCUT2D eigenvalue weighted by Gasteiger charge is 2.37. The molecule has 2 N–H and O–H groups in total. The summed E-state index contributed by atoms with van der Waals surface area (Å²) in [5.41, 5.74) is -0.719. The van der Waals surface area contributed by atoms with E-state index in [1.54, 1.807) is 18.3 Å². The van der Waals surface area contributed by atoms with Crippen LogP contribution in [0, 0.1) is 0 Å². The summed E-state index contributed by atoms with van der Waals surface area (Å²) in [5, 5.41) is 2.54. The normalized spacial score (nSPS) is 12.9. The summed E-state index contributed by atoms with van der Waals surface area (Å²) in [4.78, 5) is 15.5. The van der Waals surface area contributed by atoms with Crippen molar-refractivity contribution in [2.75, 3.05) is 6.61 Å². The highest BCUT2D eigenvalue weighted by atomic mass is 32.2. The minimum absolute atomic E-state index is 0.0132. The summed E-state index contributed by atoms with van der Waals surface area (Å²) in [6.07, 6.45) is -1.54. The average Bonchev–Trinajstić information content (AvgIpc) is 2.72. The van der Waals surface area contributed by atoms with Gasteiger partial charge in [-0.25, -0.2) is 13.4 Å². The predicted molar refractivity (Wildman–Crippen MR) is 108 cm³/mol. The first kappa shape index (κ1) is 24.6. The third-order valence-corrected chi connectivity index (χ3v) is 5.85. The van der Waals surface area contributed by atoms with Crippen molar-refractivity contribution in [3.8, 4) is 5.88 Å². The molecule has 0 bridgehead atoms. The molecule has 1 amide bonds. The predicted octanol–water partition coefficient (Wildman–Crippen LogP) is 3.26. The van der Waals surface area contributed by atoms with Crippen molar-refractivity contribution < 1.29 is 31.1 Å². The van der Waals surface area contributed by atoms with Gasteiger partial charge in [0.25, 0.3) is 0 Å². The van der Waals surface area contributed by atoms with E-state index in [9.17, 15) is 26.4 Å². The van der Waals surface area contributed by atoms with Gasteiger partial charge in [-0.2, -0.15) is 17.9 Å². The van der Waals surface area contributed by atoms with E-state index in [2.05, 4.69) is 10.3 Å². The molecule has 0 radical (unpaired) electrons. The second-order valence-electron chi connectivity index (χ2n) is 6.72. The maximum Gasteiger partial charge on any atom is 0.417 e. The fraction of sp³-hybridized carbons (Fsp3) is 0.400. The Morgan fingerprint density at radius 3 is 2.58 bits per heavy atom. The van der Waals surface area contributed by atoms with Gasteiger partial charge in [0.1, 0.15) is 0 Å². The number of nitrogens with zero attached hydrogens (tertiary/aromatic N) is 1. The summed E-state index contributed by atoms with van der Waals surface area (Å²) in [5.74, 6) is -0.361. The lowest BCUT2D eigenvalue weighted by molar-refractivity contribution is -0.139. The Labute approximate surface area is 179 Å². The van der Waals surface area contributed by atoms with E-state index in [4.69, 9.17) is 4.74 Å². The Bertz CT molecular complexity index is 997. The van der Waals surface area contributed by atoms with Gasteiger partial charge in [0.2, 0.25) is 21.8 Å². The maximum atomic E-state index is 13.1. The van der Waals surface area contributed by atoms with Crippen LogP contribution >= 0.6 is 0 Å². The van der Waals surface area contributed by atoms with Crippen molar-refractivity contribution in [3.05, 3.63) is 53.7 Å². The first-order chi connectivity index (χ1) is 14.6. The van der Waals surface area contributed by atoms with Crippen molar-refractivity contribution in [3.63, 3.8) is 0 Å². The SMILES string of the molecule is CCCCOc1ncccc1CNC(=O)[C@H](C)NS(=O)(=O)c1ccccc1C(F)(F)F. The summed E-state index contributed by atoms with van der Waals surface area (Å²) in [6.45, 7) is 3.73. The van der Waals surface area contributed by atoms with Crippen molar-refractivity contribution >= 4 is 15.9 Å². The number of rotatable bonds is 10. The van der Waals surface area contributed by atoms with Gasteiger partial charge in [-0.1, -0.05) is 31.5 Å². The molecule has 0 unspecified atom stereocenters. The van der Waals surface area contributed by atoms with E-state index in [0.29, 0.717) is 24.1 Å². The van der Waals surface area contributed by atoms with Crippen LogP contribution in [-0.4, -0.2) is 32.0 Å². The Kier molecular flexibility index (Phi) is 8.40. The van der Waals surface area contributed by atoms with Gasteiger partial charge in [0.05, 0.1) is 23.1 Å². The molecule has 170 valence electrons. The minimum atomic E-state index is -4.86. The molecule has 0 aliphatic carbocycles. The van der Waals surface area contributed by atoms with Crippen molar-refractivity contribution in [1.29, 1.82) is 0 Å². The number of ether oxygens (including phenoxy) is 1. The summed E-state index contributed by atoms with van der Waals surface area (Å²) >= 11 is 0. The molecular formula is C20H24F3N3O4S. The van der Waals surface area contributed by atoms with Crippen LogP contribution in [0.5, 0.6) is 5.88 Å². The van der Waals surface area contributed by atoms with Crippen molar-refractivity contribution in [2.24, 2.45) is 0 Å². The lowest BCUT2D eigenvalue weighted by atomic mass is 10.2. The number of carbonyl (C=O) groups excluding carboxylic acids is 1. The van der Waals surface area contributed by atoms with E-state index >= 15 is 0 Å². The second-order valence-corrected chi connectivity index (χ2v) is 8.41. The van der Waals surface area contributed by atoms with Gasteiger partial charge >= 0.3 is 6.18 Å². The van der Waals surface area contributed by atoms with E-state index in [0.717, 1.165) is 25.0 Å². The number of unbranched alkanes of at least 4 members (excludes halogenated alkanes) is 1. The largest absolute Gasteiger partial charge is 0.477 e. The lowest BCUT2D eigenvalue weighted by Crippen LogP contribution is -2.44. The van der Waals surface area contributed by atoms with Crippen molar-refractivity contribution in [2.45, 2.75) is 50.3 Å². The van der Waals surface area contributed by atoms with Crippen LogP contribution in [0.1, 0.15) is 37.8 Å². The van der Waals surface area contributed by atoms with Gasteiger partial charge < -0.3 is 10.1 Å². The molecule has 11 heteroatoms. The first-order valence-corrected chi connectivity index (χ1v) is 11.1. The number of sulfonamides is 1. The van der Waals surface area contributed by atoms with Crippen LogP contribution in [0.3, 0.4) is 0 Å². The van der Waals surface area contributed by atoms with Crippen LogP contribution in [0.15, 0.2) is 47.5 Å². The smallest absolute Gasteiger partial charge is 0.417 e. The van der Waals surface area contributed by atoms with Crippen LogP contribution < -0.4 is 14.8 Å². The molecule has 1 heterocycles. The van der Waals surface area contributed by atoms with E-state index in [1.165, 1.54) is 13.0 Å². The number of benzene rings is 1. The molecular weight excluding hydrogens is 435 g/mol. The van der Waals surface area contributed by atoms with Crippen LogP contribution in [0.4, 0.5) is 13.2 Å². The molecule has 0 aliphatic heterocycles. The number of hydrogen-bond acceptors (Lipinski definition) is 5. The Balaban J connectivity index is 2.06. The third-order valence-electron chi connectivity index (χ3n) is 4.25. The number of amides is 1. The Hall–Kier alpha value is -2.66. The van der Waals surface area contributed by atoms with Crippen LogP contribution in [0.25, 0.3) is 0 Å². The van der Waals surface area contributed by atoms with Gasteiger partial charge in [-0.15, -0.1) is 0 Å². The minimum Gasteiger partial charge on any atom is -0.477 e. The maximum absolute atomic E-state index is 13.1. The topological polar surface area (TPSA) is 97.4 Å². The summed E-state index contributed by atoms with van der Waals surface area (Å²) in [6, 6.07) is 5.82. The zero-order valence-electron chi connectivity index (χ0n) is 17.1. The Morgan fingerprint density at radius 2 is 1.90 bits per heavy atom. The molecule has 7 nitrogen and oxygen atoms in total. The summed E-state index contributed by atoms with van der Waals surface area (Å²) in [7, 11) is -4.59. The fourth-order valence-electron chi connectivity index (χ4n) is 2.62. The first-order valence-electron chi connectivity index (χ1n) is 9.59. The zero-order chi connectivity index (χ0) is 23.1. The highest BCUT2D eigenvalue weighted by molar-refractivity contribution is 7.89. The molecule has 2 aromatic rings. The van der Waals surface area contributed by atoms with E-state index in [-0.39, 0.29) is 6.54 Å². The molecule has 1 aromatic heterocycles. The number of alkyl halides is 3. The standard InChI is InChI=1S/C20H24F3N3O4S/c1-3-4-12-30-19-15(8-7-11-24-19)13-25-18(27)14(2)26-31(28,29)17-10-6-5-9-16(17)20(21,22)23/h5-11,14,26H,3-4,12-13H2,1-2H3,(H,25,27)/t14-/m0/s1. The number of nitrogens with one attached hydrogen (secondary N) is 2. The van der Waals surface area contributed by atoms with Gasteiger partial charge in [-0.05, 0) is 31.5 Å². The third kappa shape index (κ3) is 6.93. The molecule has 0 saturated heterocycles. The number of pyridine rings is 1. The van der Waals surface area contributed by atoms with Crippen LogP contribution in [-0.2, 0) is 27.5 Å². The molecule has 0 fully saturated rings. The molecule has 0 aliphatic rings. The molecule has 1 atom stereocenters. The number of aromatic nitrogens is 1. The molecule has 1 aromatic carbocycles.